The van der Waals surface area contributed by atoms with E-state index in [1.54, 1.807) is 0 Å². The van der Waals surface area contributed by atoms with Gasteiger partial charge in [-0.25, -0.2) is 0 Å². The number of rotatable bonds is 13. The monoisotopic (exact) mass is 350 g/mol. The molecule has 0 aliphatic rings. The predicted molar refractivity (Wildman–Crippen MR) is 110 cm³/mol. The smallest absolute Gasteiger partial charge is 0.0666 e. The van der Waals surface area contributed by atoms with E-state index in [1.807, 2.05) is 0 Å². The lowest BCUT2D eigenvalue weighted by Crippen LogP contribution is -2.14. The van der Waals surface area contributed by atoms with Crippen molar-refractivity contribution in [2.24, 2.45) is 0 Å². The lowest BCUT2D eigenvalue weighted by atomic mass is 9.89. The minimum absolute atomic E-state index is 0.224. The molecule has 0 spiro atoms. The number of benzene rings is 1. The molecule has 0 radical (unpaired) electrons. The van der Waals surface area contributed by atoms with Crippen LogP contribution in [-0.2, 0) is 11.3 Å². The first-order valence-electron chi connectivity index (χ1n) is 10.3. The zero-order valence-corrected chi connectivity index (χ0v) is 17.4. The molecule has 0 amide bonds. The number of aryl methyl sites for hydroxylation is 1. The van der Waals surface area contributed by atoms with Gasteiger partial charge < -0.3 is 0 Å². The largest absolute Gasteiger partial charge is 0.114 e. The molecule has 0 heterocycles. The molecule has 0 saturated heterocycles. The molecule has 0 fully saturated rings. The van der Waals surface area contributed by atoms with E-state index in [0.29, 0.717) is 0 Å². The zero-order chi connectivity index (χ0) is 17.8. The van der Waals surface area contributed by atoms with Crippen LogP contribution >= 0.6 is 11.6 Å². The van der Waals surface area contributed by atoms with E-state index in [0.717, 1.165) is 6.42 Å². The summed E-state index contributed by atoms with van der Waals surface area (Å²) in [5.74, 6) is 0. The molecule has 1 aromatic carbocycles. The Balaban J connectivity index is 2.25. The lowest BCUT2D eigenvalue weighted by molar-refractivity contribution is 0.556. The second-order valence-corrected chi connectivity index (χ2v) is 8.41. The maximum Gasteiger partial charge on any atom is 0.0666 e. The molecule has 0 bridgehead atoms. The maximum atomic E-state index is 6.69. The van der Waals surface area contributed by atoms with Gasteiger partial charge in [0.2, 0.25) is 0 Å². The Morgan fingerprint density at radius 1 is 0.833 bits per heavy atom. The molecule has 0 N–H and O–H groups in total. The second-order valence-electron chi connectivity index (χ2n) is 7.57. The van der Waals surface area contributed by atoms with Crippen LogP contribution in [0.15, 0.2) is 18.2 Å². The highest BCUT2D eigenvalue weighted by Crippen LogP contribution is 2.35. The van der Waals surface area contributed by atoms with E-state index in [9.17, 15) is 0 Å². The van der Waals surface area contributed by atoms with Crippen LogP contribution in [0.5, 0.6) is 0 Å². The molecule has 0 aliphatic heterocycles. The Hall–Kier alpha value is -0.490. The van der Waals surface area contributed by atoms with Crippen LogP contribution in [0.2, 0.25) is 0 Å². The van der Waals surface area contributed by atoms with Gasteiger partial charge in [0.05, 0.1) is 4.87 Å². The van der Waals surface area contributed by atoms with E-state index >= 15 is 0 Å². The van der Waals surface area contributed by atoms with E-state index in [-0.39, 0.29) is 4.87 Å². The van der Waals surface area contributed by atoms with Crippen molar-refractivity contribution in [1.29, 1.82) is 0 Å². The first kappa shape index (κ1) is 21.6. The minimum Gasteiger partial charge on any atom is -0.114 e. The number of unbranched alkanes of at least 4 members (excludes halogenated alkanes) is 9. The van der Waals surface area contributed by atoms with E-state index < -0.39 is 0 Å². The van der Waals surface area contributed by atoms with Crippen molar-refractivity contribution in [3.8, 4) is 0 Å². The van der Waals surface area contributed by atoms with E-state index in [4.69, 9.17) is 11.6 Å². The van der Waals surface area contributed by atoms with Crippen LogP contribution in [-0.4, -0.2) is 0 Å². The fraction of sp³-hybridized carbons (Fsp3) is 0.739. The van der Waals surface area contributed by atoms with Crippen LogP contribution in [0.3, 0.4) is 0 Å². The summed E-state index contributed by atoms with van der Waals surface area (Å²) in [6, 6.07) is 6.67. The Kier molecular flexibility index (Phi) is 10.7. The minimum atomic E-state index is -0.224. The summed E-state index contributed by atoms with van der Waals surface area (Å²) in [6.45, 7) is 8.84. The van der Waals surface area contributed by atoms with Crippen LogP contribution in [0.4, 0.5) is 0 Å². The third kappa shape index (κ3) is 7.60. The molecule has 0 saturated carbocycles. The van der Waals surface area contributed by atoms with Gasteiger partial charge in [0.25, 0.3) is 0 Å². The number of alkyl halides is 1. The third-order valence-corrected chi connectivity index (χ3v) is 5.94. The quantitative estimate of drug-likeness (QED) is 0.248. The average molecular weight is 351 g/mol. The SMILES string of the molecule is CCCCCCCCCCCCc1cccc(C(C)(Cl)CC)c1C. The molecular formula is C23H39Cl. The number of hydrogen-bond acceptors (Lipinski definition) is 0. The molecule has 24 heavy (non-hydrogen) atoms. The molecule has 1 aromatic rings. The fourth-order valence-electron chi connectivity index (χ4n) is 3.51. The molecule has 1 rings (SSSR count). The number of hydrogen-bond donors (Lipinski definition) is 0. The van der Waals surface area contributed by atoms with Crippen LogP contribution in [0.1, 0.15) is 108 Å². The summed E-state index contributed by atoms with van der Waals surface area (Å²) in [6.07, 6.45) is 16.2. The highest BCUT2D eigenvalue weighted by molar-refractivity contribution is 6.23. The number of halogens is 1. The zero-order valence-electron chi connectivity index (χ0n) is 16.6. The summed E-state index contributed by atoms with van der Waals surface area (Å²) in [5, 5.41) is 0. The Morgan fingerprint density at radius 2 is 1.38 bits per heavy atom. The van der Waals surface area contributed by atoms with Crippen molar-refractivity contribution in [3.05, 3.63) is 34.9 Å². The Bertz CT molecular complexity index is 447. The average Bonchev–Trinajstić information content (AvgIpc) is 2.57. The molecule has 1 unspecified atom stereocenters. The van der Waals surface area contributed by atoms with Crippen molar-refractivity contribution >= 4 is 11.6 Å². The van der Waals surface area contributed by atoms with Gasteiger partial charge in [-0.05, 0) is 49.8 Å². The van der Waals surface area contributed by atoms with Gasteiger partial charge in [-0.2, -0.15) is 0 Å². The van der Waals surface area contributed by atoms with Gasteiger partial charge in [0, 0.05) is 0 Å². The molecule has 0 aromatic heterocycles. The molecule has 0 nitrogen and oxygen atoms in total. The first-order valence-corrected chi connectivity index (χ1v) is 10.7. The van der Waals surface area contributed by atoms with Gasteiger partial charge in [-0.3, -0.25) is 0 Å². The summed E-state index contributed by atoms with van der Waals surface area (Å²) in [4.78, 5) is -0.224. The van der Waals surface area contributed by atoms with Gasteiger partial charge in [0.1, 0.15) is 0 Å². The van der Waals surface area contributed by atoms with Crippen LogP contribution < -0.4 is 0 Å². The van der Waals surface area contributed by atoms with Crippen molar-refractivity contribution in [2.45, 2.75) is 110 Å². The topological polar surface area (TPSA) is 0 Å². The van der Waals surface area contributed by atoms with Crippen molar-refractivity contribution in [2.75, 3.05) is 0 Å². The summed E-state index contributed by atoms with van der Waals surface area (Å²) >= 11 is 6.69. The molecule has 138 valence electrons. The van der Waals surface area contributed by atoms with Crippen LogP contribution in [0.25, 0.3) is 0 Å². The summed E-state index contributed by atoms with van der Waals surface area (Å²) in [5.41, 5.74) is 4.22. The first-order chi connectivity index (χ1) is 11.5. The van der Waals surface area contributed by atoms with Crippen LogP contribution in [0, 0.1) is 6.92 Å². The van der Waals surface area contributed by atoms with Gasteiger partial charge >= 0.3 is 0 Å². The predicted octanol–water partition coefficient (Wildman–Crippen LogP) is 8.32. The molecular weight excluding hydrogens is 312 g/mol. The Morgan fingerprint density at radius 3 is 1.92 bits per heavy atom. The van der Waals surface area contributed by atoms with Crippen molar-refractivity contribution in [1.82, 2.24) is 0 Å². The molecule has 1 atom stereocenters. The van der Waals surface area contributed by atoms with Crippen molar-refractivity contribution in [3.63, 3.8) is 0 Å². The van der Waals surface area contributed by atoms with E-state index in [2.05, 4.69) is 45.9 Å². The highest BCUT2D eigenvalue weighted by atomic mass is 35.5. The summed E-state index contributed by atoms with van der Waals surface area (Å²) in [7, 11) is 0. The standard InChI is InChI=1S/C23H39Cl/c1-5-7-8-9-10-11-12-13-14-15-17-21-18-16-19-22(20(21)3)23(4,24)6-2/h16,18-19H,5-15,17H2,1-4H3. The van der Waals surface area contributed by atoms with Gasteiger partial charge in [-0.15, -0.1) is 11.6 Å². The second kappa shape index (κ2) is 12.0. The van der Waals surface area contributed by atoms with E-state index in [1.165, 1.54) is 87.3 Å². The lowest BCUT2D eigenvalue weighted by Gasteiger charge is -2.24. The Labute approximate surface area is 156 Å². The maximum absolute atomic E-state index is 6.69. The third-order valence-electron chi connectivity index (χ3n) is 5.47. The van der Waals surface area contributed by atoms with Gasteiger partial charge in [-0.1, -0.05) is 89.8 Å². The van der Waals surface area contributed by atoms with Gasteiger partial charge in [0.15, 0.2) is 0 Å². The molecule has 0 aliphatic carbocycles. The summed E-state index contributed by atoms with van der Waals surface area (Å²) < 4.78 is 0. The normalized spacial score (nSPS) is 13.9. The molecule has 1 heteroatoms. The highest BCUT2D eigenvalue weighted by Gasteiger charge is 2.23. The van der Waals surface area contributed by atoms with Crippen molar-refractivity contribution < 1.29 is 0 Å². The fourth-order valence-corrected chi connectivity index (χ4v) is 3.72.